The summed E-state index contributed by atoms with van der Waals surface area (Å²) in [5, 5.41) is 21.0. The largest absolute Gasteiger partial charge is 0.481 e. The fraction of sp³-hybridized carbons (Fsp3) is 0.871. The van der Waals surface area contributed by atoms with Crippen molar-refractivity contribution < 1.29 is 34.1 Å². The summed E-state index contributed by atoms with van der Waals surface area (Å²) in [6.45, 7) is 11.8. The molecule has 38 heavy (non-hydrogen) atoms. The number of hydrogen-bond donors (Lipinski definition) is 2. The van der Waals surface area contributed by atoms with E-state index in [2.05, 4.69) is 20.8 Å². The predicted octanol–water partition coefficient (Wildman–Crippen LogP) is 5.74. The minimum absolute atomic E-state index is 0.0799. The number of aliphatic carboxylic acids is 2. The average molecular weight is 531 g/mol. The van der Waals surface area contributed by atoms with Gasteiger partial charge in [-0.1, -0.05) is 20.8 Å². The molecule has 0 aliphatic heterocycles. The third-order valence-electron chi connectivity index (χ3n) is 13.8. The Morgan fingerprint density at radius 3 is 1.97 bits per heavy atom. The van der Waals surface area contributed by atoms with Crippen LogP contribution in [0.4, 0.5) is 0 Å². The number of rotatable bonds is 4. The number of esters is 1. The van der Waals surface area contributed by atoms with Crippen LogP contribution in [0.25, 0.3) is 0 Å². The molecule has 0 aromatic heterocycles. The molecule has 5 aliphatic carbocycles. The molecule has 0 spiro atoms. The summed E-state index contributed by atoms with van der Waals surface area (Å²) in [5.41, 5.74) is -2.36. The molecule has 0 aromatic carbocycles. The number of carboxylic acid groups (broad SMARTS) is 2. The number of ether oxygens (including phenoxy) is 1. The maximum atomic E-state index is 12.8. The highest BCUT2D eigenvalue weighted by molar-refractivity contribution is 5.83. The van der Waals surface area contributed by atoms with Gasteiger partial charge < -0.3 is 14.9 Å². The highest BCUT2D eigenvalue weighted by atomic mass is 16.5. The van der Waals surface area contributed by atoms with Gasteiger partial charge in [-0.15, -0.1) is 0 Å². The van der Waals surface area contributed by atoms with E-state index in [1.165, 1.54) is 6.92 Å². The van der Waals surface area contributed by atoms with Crippen LogP contribution in [0, 0.1) is 56.7 Å². The third-order valence-corrected chi connectivity index (χ3v) is 13.8. The fourth-order valence-corrected chi connectivity index (χ4v) is 11.8. The van der Waals surface area contributed by atoms with Gasteiger partial charge in [0.1, 0.15) is 17.3 Å². The van der Waals surface area contributed by atoms with Crippen LogP contribution < -0.4 is 0 Å². The molecule has 0 bridgehead atoms. The smallest absolute Gasteiger partial charge is 0.313 e. The van der Waals surface area contributed by atoms with Crippen LogP contribution >= 0.6 is 0 Å². The van der Waals surface area contributed by atoms with Crippen molar-refractivity contribution >= 4 is 23.7 Å². The van der Waals surface area contributed by atoms with Crippen LogP contribution in [-0.2, 0) is 23.9 Å². The lowest BCUT2D eigenvalue weighted by Gasteiger charge is -2.72. The van der Waals surface area contributed by atoms with E-state index < -0.39 is 34.8 Å². The highest BCUT2D eigenvalue weighted by Gasteiger charge is 2.73. The first-order valence-corrected chi connectivity index (χ1v) is 14.7. The molecule has 0 aromatic rings. The summed E-state index contributed by atoms with van der Waals surface area (Å²) in [4.78, 5) is 50.3. The second-order valence-electron chi connectivity index (χ2n) is 14.6. The van der Waals surface area contributed by atoms with Crippen LogP contribution in [-0.4, -0.2) is 40.0 Å². The Balaban J connectivity index is 1.55. The molecule has 1 unspecified atom stereocenters. The van der Waals surface area contributed by atoms with Crippen molar-refractivity contribution in [3.05, 3.63) is 0 Å². The summed E-state index contributed by atoms with van der Waals surface area (Å²) < 4.78 is 5.64. The lowest BCUT2D eigenvalue weighted by Crippen LogP contribution is -2.68. The van der Waals surface area contributed by atoms with Gasteiger partial charge in [0.05, 0.1) is 5.41 Å². The topological polar surface area (TPSA) is 118 Å². The van der Waals surface area contributed by atoms with Crippen LogP contribution in [0.3, 0.4) is 0 Å². The molecular formula is C31H46O7. The van der Waals surface area contributed by atoms with E-state index in [1.807, 2.05) is 0 Å². The van der Waals surface area contributed by atoms with Crippen molar-refractivity contribution in [3.63, 3.8) is 0 Å². The fourth-order valence-electron chi connectivity index (χ4n) is 11.8. The number of ketones is 1. The summed E-state index contributed by atoms with van der Waals surface area (Å²) in [7, 11) is 0. The number of carbonyl (C=O) groups excluding carboxylic acids is 2. The van der Waals surface area contributed by atoms with Gasteiger partial charge in [-0.25, -0.2) is 0 Å². The molecule has 0 radical (unpaired) electrons. The Bertz CT molecular complexity index is 1070. The van der Waals surface area contributed by atoms with Crippen LogP contribution in [0.15, 0.2) is 0 Å². The number of carboxylic acids is 2. The minimum Gasteiger partial charge on any atom is -0.481 e. The van der Waals surface area contributed by atoms with Gasteiger partial charge in [0.25, 0.3) is 0 Å². The first kappa shape index (κ1) is 27.6. The molecule has 212 valence electrons. The third kappa shape index (κ3) is 3.25. The van der Waals surface area contributed by atoms with E-state index in [-0.39, 0.29) is 45.7 Å². The van der Waals surface area contributed by atoms with E-state index in [0.29, 0.717) is 31.6 Å². The predicted molar refractivity (Wildman–Crippen MR) is 140 cm³/mol. The van der Waals surface area contributed by atoms with Crippen molar-refractivity contribution in [2.75, 3.05) is 0 Å². The molecular weight excluding hydrogens is 484 g/mol. The Kier molecular flexibility index (Phi) is 6.21. The molecule has 5 aliphatic rings. The lowest BCUT2D eigenvalue weighted by atomic mass is 9.32. The normalized spacial score (nSPS) is 51.5. The standard InChI is InChI=1S/C31H46O7/c1-17(32)19-9-14-31(26(36)37)16-15-28(4)20(24(19)31)7-8-21-27(3)12-11-23(38-18(2)33)30(6,25(34)35)22(27)10-13-29(21,28)5/h19-24H,7-16H2,1-6H3,(H,34,35)(H,36,37)/t19-,20+,21+,22+,23+,24?,27+,28+,29+,30-,31-/m0/s1. The van der Waals surface area contributed by atoms with E-state index in [4.69, 9.17) is 4.74 Å². The lowest BCUT2D eigenvalue weighted by molar-refractivity contribution is -0.253. The first-order chi connectivity index (χ1) is 17.6. The van der Waals surface area contributed by atoms with E-state index in [0.717, 1.165) is 38.5 Å². The maximum absolute atomic E-state index is 12.8. The first-order valence-electron chi connectivity index (χ1n) is 14.7. The van der Waals surface area contributed by atoms with E-state index in [9.17, 15) is 29.4 Å². The summed E-state index contributed by atoms with van der Waals surface area (Å²) >= 11 is 0. The zero-order valence-corrected chi connectivity index (χ0v) is 24.0. The van der Waals surface area contributed by atoms with Crippen molar-refractivity contribution in [3.8, 4) is 0 Å². The van der Waals surface area contributed by atoms with Crippen LogP contribution in [0.1, 0.15) is 106 Å². The summed E-state index contributed by atoms with van der Waals surface area (Å²) in [5.74, 6) is -1.86. The number of hydrogen-bond acceptors (Lipinski definition) is 5. The van der Waals surface area contributed by atoms with Crippen molar-refractivity contribution in [1.82, 2.24) is 0 Å². The molecule has 5 fully saturated rings. The number of fused-ring (bicyclic) bond motifs is 7. The monoisotopic (exact) mass is 530 g/mol. The van der Waals surface area contributed by atoms with Gasteiger partial charge in [0.15, 0.2) is 0 Å². The average Bonchev–Trinajstić information content (AvgIpc) is 3.22. The van der Waals surface area contributed by atoms with Crippen molar-refractivity contribution in [2.45, 2.75) is 112 Å². The van der Waals surface area contributed by atoms with Crippen molar-refractivity contribution in [2.24, 2.45) is 56.7 Å². The molecule has 0 saturated heterocycles. The molecule has 2 N–H and O–H groups in total. The van der Waals surface area contributed by atoms with Gasteiger partial charge in [-0.05, 0) is 118 Å². The number of carbonyl (C=O) groups is 4. The van der Waals surface area contributed by atoms with Crippen LogP contribution in [0.2, 0.25) is 0 Å². The summed E-state index contributed by atoms with van der Waals surface area (Å²) in [6.07, 6.45) is 6.89. The minimum atomic E-state index is -1.14. The second kappa shape index (κ2) is 8.54. The SMILES string of the molecule is CC(=O)O[C@@H]1CC[C@@]2(C)[C@@H](CC[C@]3(C)[C@@H]2CC[C@@H]2C4[C@H](C(C)=O)CC[C@]4(C(=O)O)CC[C@]23C)[C@]1(C)C(=O)O. The molecule has 5 saturated carbocycles. The Hall–Kier alpha value is -1.92. The molecule has 11 atom stereocenters. The van der Waals surface area contributed by atoms with Crippen LogP contribution in [0.5, 0.6) is 0 Å². The summed E-state index contributed by atoms with van der Waals surface area (Å²) in [6, 6.07) is 0. The molecule has 0 amide bonds. The van der Waals surface area contributed by atoms with Gasteiger partial charge >= 0.3 is 17.9 Å². The van der Waals surface area contributed by atoms with Gasteiger partial charge in [-0.3, -0.25) is 19.2 Å². The quantitative estimate of drug-likeness (QED) is 0.445. The molecule has 7 heteroatoms. The Morgan fingerprint density at radius 2 is 1.39 bits per heavy atom. The van der Waals surface area contributed by atoms with Gasteiger partial charge in [0, 0.05) is 12.8 Å². The molecule has 7 nitrogen and oxygen atoms in total. The zero-order valence-electron chi connectivity index (χ0n) is 24.0. The van der Waals surface area contributed by atoms with Gasteiger partial charge in [0.2, 0.25) is 0 Å². The van der Waals surface area contributed by atoms with Crippen molar-refractivity contribution in [1.29, 1.82) is 0 Å². The van der Waals surface area contributed by atoms with E-state index in [1.54, 1.807) is 13.8 Å². The Morgan fingerprint density at radius 1 is 0.711 bits per heavy atom. The van der Waals surface area contributed by atoms with Gasteiger partial charge in [-0.2, -0.15) is 0 Å². The number of Topliss-reactive ketones (excluding diaryl/α,β-unsaturated/α-hetero) is 1. The zero-order chi connectivity index (χ0) is 28.1. The highest BCUT2D eigenvalue weighted by Crippen LogP contribution is 2.77. The van der Waals surface area contributed by atoms with E-state index >= 15 is 0 Å². The molecule has 0 heterocycles. The Labute approximate surface area is 226 Å². The second-order valence-corrected chi connectivity index (χ2v) is 14.6. The molecule has 5 rings (SSSR count). The maximum Gasteiger partial charge on any atom is 0.313 e.